The Bertz CT molecular complexity index is 466. The molecule has 4 nitrogen and oxygen atoms in total. The van der Waals surface area contributed by atoms with E-state index in [-0.39, 0.29) is 18.6 Å². The molecule has 4 heteroatoms. The van der Waals surface area contributed by atoms with Crippen molar-refractivity contribution in [3.63, 3.8) is 0 Å². The molecular formula is C16H24N2O2. The molecule has 0 unspecified atom stereocenters. The number of aryl methyl sites for hydroxylation is 2. The molecule has 110 valence electrons. The number of carbonyl (C=O) groups excluding carboxylic acids is 1. The second-order valence-corrected chi connectivity index (χ2v) is 5.74. The van der Waals surface area contributed by atoms with Crippen molar-refractivity contribution in [2.75, 3.05) is 6.61 Å². The fraction of sp³-hybridized carbons (Fsp3) is 0.562. The Morgan fingerprint density at radius 1 is 1.30 bits per heavy atom. The zero-order valence-corrected chi connectivity index (χ0v) is 12.3. The van der Waals surface area contributed by atoms with Crippen LogP contribution in [0, 0.1) is 13.8 Å². The van der Waals surface area contributed by atoms with E-state index in [1.807, 2.05) is 32.0 Å². The quantitative estimate of drug-likeness (QED) is 0.885. The Balaban J connectivity index is 1.79. The molecule has 1 amide bonds. The lowest BCUT2D eigenvalue weighted by Gasteiger charge is -2.26. The lowest BCUT2D eigenvalue weighted by molar-refractivity contribution is -0.124. The Labute approximate surface area is 120 Å². The highest BCUT2D eigenvalue weighted by Gasteiger charge is 2.20. The summed E-state index contributed by atoms with van der Waals surface area (Å²) in [5.74, 6) is 0.734. The van der Waals surface area contributed by atoms with E-state index < -0.39 is 0 Å². The SMILES string of the molecule is Cc1ccc(C)c(OCC(=O)NC2CCC(N)CC2)c1. The normalized spacial score (nSPS) is 22.4. The minimum atomic E-state index is -0.0497. The van der Waals surface area contributed by atoms with Gasteiger partial charge in [-0.15, -0.1) is 0 Å². The molecule has 1 saturated carbocycles. The van der Waals surface area contributed by atoms with E-state index in [0.29, 0.717) is 6.04 Å². The summed E-state index contributed by atoms with van der Waals surface area (Å²) in [5.41, 5.74) is 8.04. The predicted molar refractivity (Wildman–Crippen MR) is 79.8 cm³/mol. The molecular weight excluding hydrogens is 252 g/mol. The zero-order valence-electron chi connectivity index (χ0n) is 12.3. The van der Waals surface area contributed by atoms with Crippen molar-refractivity contribution in [3.8, 4) is 5.75 Å². The highest BCUT2D eigenvalue weighted by molar-refractivity contribution is 5.77. The molecule has 1 fully saturated rings. The van der Waals surface area contributed by atoms with Gasteiger partial charge < -0.3 is 15.8 Å². The van der Waals surface area contributed by atoms with Gasteiger partial charge in [0.1, 0.15) is 5.75 Å². The van der Waals surface area contributed by atoms with Gasteiger partial charge in [-0.3, -0.25) is 4.79 Å². The van der Waals surface area contributed by atoms with Crippen LogP contribution < -0.4 is 15.8 Å². The first-order chi connectivity index (χ1) is 9.54. The number of rotatable bonds is 4. The maximum Gasteiger partial charge on any atom is 0.258 e. The average molecular weight is 276 g/mol. The molecule has 0 saturated heterocycles. The smallest absolute Gasteiger partial charge is 0.258 e. The molecule has 0 spiro atoms. The molecule has 3 N–H and O–H groups in total. The number of carbonyl (C=O) groups is 1. The lowest BCUT2D eigenvalue weighted by Crippen LogP contribution is -2.42. The monoisotopic (exact) mass is 276 g/mol. The molecule has 0 atom stereocenters. The van der Waals surface area contributed by atoms with Crippen molar-refractivity contribution < 1.29 is 9.53 Å². The summed E-state index contributed by atoms with van der Waals surface area (Å²) in [6, 6.07) is 6.56. The first kappa shape index (κ1) is 14.9. The van der Waals surface area contributed by atoms with Gasteiger partial charge in [0.05, 0.1) is 0 Å². The third kappa shape index (κ3) is 4.23. The van der Waals surface area contributed by atoms with Crippen LogP contribution >= 0.6 is 0 Å². The Hall–Kier alpha value is -1.55. The maximum absolute atomic E-state index is 11.9. The first-order valence-electron chi connectivity index (χ1n) is 7.29. The zero-order chi connectivity index (χ0) is 14.5. The molecule has 1 aliphatic carbocycles. The summed E-state index contributed by atoms with van der Waals surface area (Å²) in [6.07, 6.45) is 3.92. The van der Waals surface area contributed by atoms with Gasteiger partial charge in [0.15, 0.2) is 6.61 Å². The molecule has 0 heterocycles. The molecule has 20 heavy (non-hydrogen) atoms. The Morgan fingerprint density at radius 3 is 2.70 bits per heavy atom. The largest absolute Gasteiger partial charge is 0.483 e. The van der Waals surface area contributed by atoms with Gasteiger partial charge in [0, 0.05) is 12.1 Å². The Kier molecular flexibility index (Phi) is 5.01. The minimum Gasteiger partial charge on any atom is -0.483 e. The third-order valence-corrected chi connectivity index (χ3v) is 3.84. The molecule has 0 aromatic heterocycles. The number of benzene rings is 1. The van der Waals surface area contributed by atoms with E-state index in [4.69, 9.17) is 10.5 Å². The van der Waals surface area contributed by atoms with Crippen LogP contribution in [0.1, 0.15) is 36.8 Å². The summed E-state index contributed by atoms with van der Waals surface area (Å²) < 4.78 is 5.61. The van der Waals surface area contributed by atoms with E-state index in [1.54, 1.807) is 0 Å². The van der Waals surface area contributed by atoms with Crippen molar-refractivity contribution in [1.82, 2.24) is 5.32 Å². The average Bonchev–Trinajstić information content (AvgIpc) is 2.42. The van der Waals surface area contributed by atoms with Crippen molar-refractivity contribution in [1.29, 1.82) is 0 Å². The molecule has 1 aromatic carbocycles. The van der Waals surface area contributed by atoms with Crippen LogP contribution in [-0.2, 0) is 4.79 Å². The lowest BCUT2D eigenvalue weighted by atomic mass is 9.92. The number of hydrogen-bond donors (Lipinski definition) is 2. The predicted octanol–water partition coefficient (Wildman–Crippen LogP) is 2.07. The van der Waals surface area contributed by atoms with Gasteiger partial charge in [-0.1, -0.05) is 12.1 Å². The number of hydrogen-bond acceptors (Lipinski definition) is 3. The van der Waals surface area contributed by atoms with Crippen LogP contribution in [0.15, 0.2) is 18.2 Å². The fourth-order valence-corrected chi connectivity index (χ4v) is 2.54. The summed E-state index contributed by atoms with van der Waals surface area (Å²) in [5, 5.41) is 3.02. The van der Waals surface area contributed by atoms with Crippen LogP contribution in [0.2, 0.25) is 0 Å². The topological polar surface area (TPSA) is 64.3 Å². The van der Waals surface area contributed by atoms with Crippen molar-refractivity contribution in [3.05, 3.63) is 29.3 Å². The molecule has 2 rings (SSSR count). The Morgan fingerprint density at radius 2 is 2.00 bits per heavy atom. The summed E-state index contributed by atoms with van der Waals surface area (Å²) in [6.45, 7) is 4.07. The maximum atomic E-state index is 11.9. The minimum absolute atomic E-state index is 0.0497. The van der Waals surface area contributed by atoms with Crippen LogP contribution in [0.5, 0.6) is 5.75 Å². The van der Waals surface area contributed by atoms with E-state index in [2.05, 4.69) is 5.32 Å². The van der Waals surface area contributed by atoms with Gasteiger partial charge in [-0.2, -0.15) is 0 Å². The number of ether oxygens (including phenoxy) is 1. The standard InChI is InChI=1S/C16H24N2O2/c1-11-3-4-12(2)15(9-11)20-10-16(19)18-14-7-5-13(17)6-8-14/h3-4,9,13-14H,5-8,10,17H2,1-2H3,(H,18,19). The van der Waals surface area contributed by atoms with E-state index in [9.17, 15) is 4.79 Å². The second-order valence-electron chi connectivity index (χ2n) is 5.74. The highest BCUT2D eigenvalue weighted by Crippen LogP contribution is 2.19. The van der Waals surface area contributed by atoms with Crippen molar-refractivity contribution in [2.45, 2.75) is 51.6 Å². The summed E-state index contributed by atoms with van der Waals surface area (Å²) in [4.78, 5) is 11.9. The highest BCUT2D eigenvalue weighted by atomic mass is 16.5. The molecule has 1 aromatic rings. The van der Waals surface area contributed by atoms with Gasteiger partial charge in [-0.05, 0) is 56.7 Å². The van der Waals surface area contributed by atoms with E-state index in [1.165, 1.54) is 0 Å². The van der Waals surface area contributed by atoms with Crippen LogP contribution in [0.3, 0.4) is 0 Å². The van der Waals surface area contributed by atoms with Gasteiger partial charge in [-0.25, -0.2) is 0 Å². The van der Waals surface area contributed by atoms with Gasteiger partial charge >= 0.3 is 0 Å². The summed E-state index contributed by atoms with van der Waals surface area (Å²) in [7, 11) is 0. The number of amides is 1. The van der Waals surface area contributed by atoms with Crippen molar-refractivity contribution in [2.24, 2.45) is 5.73 Å². The number of nitrogens with two attached hydrogens (primary N) is 1. The molecule has 0 aliphatic heterocycles. The molecule has 0 bridgehead atoms. The first-order valence-corrected chi connectivity index (χ1v) is 7.29. The van der Waals surface area contributed by atoms with Crippen LogP contribution in [0.25, 0.3) is 0 Å². The van der Waals surface area contributed by atoms with Crippen molar-refractivity contribution >= 4 is 5.91 Å². The third-order valence-electron chi connectivity index (χ3n) is 3.84. The second kappa shape index (κ2) is 6.75. The number of nitrogens with one attached hydrogen (secondary N) is 1. The van der Waals surface area contributed by atoms with Gasteiger partial charge in [0.25, 0.3) is 5.91 Å². The van der Waals surface area contributed by atoms with E-state index >= 15 is 0 Å². The molecule has 0 radical (unpaired) electrons. The van der Waals surface area contributed by atoms with Crippen LogP contribution in [-0.4, -0.2) is 24.6 Å². The molecule has 1 aliphatic rings. The fourth-order valence-electron chi connectivity index (χ4n) is 2.54. The van der Waals surface area contributed by atoms with Crippen LogP contribution in [0.4, 0.5) is 0 Å². The van der Waals surface area contributed by atoms with Gasteiger partial charge in [0.2, 0.25) is 0 Å². The van der Waals surface area contributed by atoms with E-state index in [0.717, 1.165) is 42.6 Å². The summed E-state index contributed by atoms with van der Waals surface area (Å²) >= 11 is 0.